The summed E-state index contributed by atoms with van der Waals surface area (Å²) in [6.07, 6.45) is 6.11. The number of pyridine rings is 2. The summed E-state index contributed by atoms with van der Waals surface area (Å²) in [4.78, 5) is 21.7. The molecule has 1 aliphatic heterocycles. The number of methoxy groups -OCH3 is 1. The Balaban J connectivity index is 1.46. The van der Waals surface area contributed by atoms with Crippen LogP contribution in [0.2, 0.25) is 0 Å². The number of benzene rings is 1. The van der Waals surface area contributed by atoms with Gasteiger partial charge in [-0.25, -0.2) is 14.8 Å². The molecular formula is C24H24N6O3. The van der Waals surface area contributed by atoms with Crippen molar-refractivity contribution in [2.75, 3.05) is 25.9 Å². The Morgan fingerprint density at radius 3 is 2.70 bits per heavy atom. The van der Waals surface area contributed by atoms with Gasteiger partial charge in [0.25, 0.3) is 0 Å². The van der Waals surface area contributed by atoms with Crippen LogP contribution in [0.15, 0.2) is 55.0 Å². The number of hydrogen-bond donors (Lipinski definition) is 2. The number of rotatable bonds is 4. The number of nitrogen functional groups attached to an aromatic ring is 1. The number of nitrogens with two attached hydrogens (primary N) is 1. The van der Waals surface area contributed by atoms with Gasteiger partial charge < -0.3 is 20.5 Å². The molecule has 9 nitrogen and oxygen atoms in total. The Kier molecular flexibility index (Phi) is 5.29. The van der Waals surface area contributed by atoms with Crippen molar-refractivity contribution in [3.05, 3.63) is 55.0 Å². The van der Waals surface area contributed by atoms with Gasteiger partial charge in [0, 0.05) is 47.6 Å². The zero-order chi connectivity index (χ0) is 22.9. The van der Waals surface area contributed by atoms with Crippen molar-refractivity contribution in [2.24, 2.45) is 0 Å². The molecule has 33 heavy (non-hydrogen) atoms. The van der Waals surface area contributed by atoms with Crippen LogP contribution in [-0.2, 0) is 0 Å². The second-order valence-corrected chi connectivity index (χ2v) is 8.10. The molecule has 0 aliphatic carbocycles. The molecule has 3 aromatic heterocycles. The van der Waals surface area contributed by atoms with Crippen LogP contribution in [0.4, 0.5) is 10.6 Å². The molecule has 9 heteroatoms. The van der Waals surface area contributed by atoms with E-state index in [4.69, 9.17) is 15.6 Å². The number of carbonyl (C=O) groups is 1. The Morgan fingerprint density at radius 2 is 1.94 bits per heavy atom. The van der Waals surface area contributed by atoms with Crippen molar-refractivity contribution in [2.45, 2.75) is 18.9 Å². The highest BCUT2D eigenvalue weighted by Gasteiger charge is 2.24. The van der Waals surface area contributed by atoms with Gasteiger partial charge in [0.1, 0.15) is 5.82 Å². The number of anilines is 1. The first kappa shape index (κ1) is 20.7. The number of nitrogens with zero attached hydrogens (tertiary/aromatic N) is 5. The summed E-state index contributed by atoms with van der Waals surface area (Å²) in [6, 6.07) is 12.0. The summed E-state index contributed by atoms with van der Waals surface area (Å²) in [5.41, 5.74) is 9.43. The van der Waals surface area contributed by atoms with E-state index in [9.17, 15) is 4.79 Å². The molecule has 1 aliphatic rings. The fourth-order valence-corrected chi connectivity index (χ4v) is 4.31. The summed E-state index contributed by atoms with van der Waals surface area (Å²) >= 11 is 0. The topological polar surface area (TPSA) is 119 Å². The van der Waals surface area contributed by atoms with Gasteiger partial charge >= 0.3 is 6.09 Å². The fraction of sp³-hybridized carbons (Fsp3) is 0.250. The molecule has 0 saturated carbocycles. The molecule has 0 atom stereocenters. The van der Waals surface area contributed by atoms with E-state index in [-0.39, 0.29) is 6.04 Å². The first-order valence-corrected chi connectivity index (χ1v) is 10.8. The first-order chi connectivity index (χ1) is 16.0. The second kappa shape index (κ2) is 8.42. The van der Waals surface area contributed by atoms with E-state index in [1.54, 1.807) is 19.5 Å². The van der Waals surface area contributed by atoms with Crippen LogP contribution >= 0.6 is 0 Å². The molecular weight excluding hydrogens is 420 g/mol. The number of piperidine rings is 1. The summed E-state index contributed by atoms with van der Waals surface area (Å²) in [6.45, 7) is 1.02. The van der Waals surface area contributed by atoms with Crippen molar-refractivity contribution in [3.63, 3.8) is 0 Å². The third-order valence-electron chi connectivity index (χ3n) is 6.14. The second-order valence-electron chi connectivity index (χ2n) is 8.10. The molecule has 0 unspecified atom stereocenters. The lowest BCUT2D eigenvalue weighted by Crippen LogP contribution is -2.38. The third kappa shape index (κ3) is 3.93. The van der Waals surface area contributed by atoms with Gasteiger partial charge in [-0.2, -0.15) is 5.10 Å². The lowest BCUT2D eigenvalue weighted by atomic mass is 10.0. The van der Waals surface area contributed by atoms with Crippen molar-refractivity contribution >= 4 is 22.7 Å². The predicted octanol–water partition coefficient (Wildman–Crippen LogP) is 4.07. The van der Waals surface area contributed by atoms with E-state index in [2.05, 4.69) is 15.1 Å². The summed E-state index contributed by atoms with van der Waals surface area (Å²) in [5.74, 6) is 0.922. The van der Waals surface area contributed by atoms with Gasteiger partial charge in [-0.3, -0.25) is 4.68 Å². The number of likely N-dealkylation sites (tertiary alicyclic amines) is 1. The monoisotopic (exact) mass is 444 g/mol. The normalized spacial score (nSPS) is 14.5. The fourth-order valence-electron chi connectivity index (χ4n) is 4.31. The van der Waals surface area contributed by atoms with Crippen LogP contribution < -0.4 is 10.5 Å². The van der Waals surface area contributed by atoms with Crippen LogP contribution in [0.3, 0.4) is 0 Å². The van der Waals surface area contributed by atoms with Crippen LogP contribution in [0.5, 0.6) is 5.88 Å². The van der Waals surface area contributed by atoms with Gasteiger partial charge in [-0.15, -0.1) is 0 Å². The average Bonchev–Trinajstić information content (AvgIpc) is 3.34. The maximum absolute atomic E-state index is 11.1. The van der Waals surface area contributed by atoms with Crippen LogP contribution in [0, 0.1) is 0 Å². The van der Waals surface area contributed by atoms with Gasteiger partial charge in [0.15, 0.2) is 0 Å². The SMILES string of the molecule is COc1nc(-c2cc(-c3cnn(C4CCN(C(=O)O)CC4)c3)cnc2N)cc2ccccc12. The van der Waals surface area contributed by atoms with Crippen molar-refractivity contribution in [3.8, 4) is 28.3 Å². The molecule has 0 spiro atoms. The van der Waals surface area contributed by atoms with Crippen molar-refractivity contribution in [1.29, 1.82) is 0 Å². The largest absolute Gasteiger partial charge is 0.481 e. The Labute approximate surface area is 190 Å². The zero-order valence-corrected chi connectivity index (χ0v) is 18.2. The summed E-state index contributed by atoms with van der Waals surface area (Å²) in [5, 5.41) is 15.6. The van der Waals surface area contributed by atoms with E-state index in [0.717, 1.165) is 40.3 Å². The Bertz CT molecular complexity index is 1330. The average molecular weight is 444 g/mol. The van der Waals surface area contributed by atoms with E-state index >= 15 is 0 Å². The van der Waals surface area contributed by atoms with E-state index in [0.29, 0.717) is 30.5 Å². The smallest absolute Gasteiger partial charge is 0.407 e. The van der Waals surface area contributed by atoms with Gasteiger partial charge in [-0.1, -0.05) is 18.2 Å². The number of aromatic nitrogens is 4. The highest BCUT2D eigenvalue weighted by Crippen LogP contribution is 2.34. The number of amides is 1. The summed E-state index contributed by atoms with van der Waals surface area (Å²) < 4.78 is 7.43. The number of carboxylic acid groups (broad SMARTS) is 1. The van der Waals surface area contributed by atoms with Gasteiger partial charge in [0.05, 0.1) is 25.0 Å². The Hall–Kier alpha value is -4.14. The standard InChI is InChI=1S/C24H24N6O3/c1-33-23-19-5-3-2-4-15(19)11-21(28-23)20-10-16(12-26-22(20)25)17-13-27-30(14-17)18-6-8-29(9-7-18)24(31)32/h2-5,10-14,18H,6-9H2,1H3,(H2,25,26)(H,31,32). The van der Waals surface area contributed by atoms with E-state index < -0.39 is 6.09 Å². The van der Waals surface area contributed by atoms with Crippen LogP contribution in [0.25, 0.3) is 33.2 Å². The van der Waals surface area contributed by atoms with Crippen molar-refractivity contribution in [1.82, 2.24) is 24.6 Å². The summed E-state index contributed by atoms with van der Waals surface area (Å²) in [7, 11) is 1.60. The van der Waals surface area contributed by atoms with E-state index in [1.807, 2.05) is 47.3 Å². The molecule has 168 valence electrons. The molecule has 3 N–H and O–H groups in total. The molecule has 1 fully saturated rings. The molecule has 1 amide bonds. The maximum Gasteiger partial charge on any atom is 0.407 e. The minimum absolute atomic E-state index is 0.168. The first-order valence-electron chi connectivity index (χ1n) is 10.8. The zero-order valence-electron chi connectivity index (χ0n) is 18.2. The molecule has 4 heterocycles. The highest BCUT2D eigenvalue weighted by molar-refractivity contribution is 5.91. The lowest BCUT2D eigenvalue weighted by Gasteiger charge is -2.30. The molecule has 1 saturated heterocycles. The number of hydrogen-bond acceptors (Lipinski definition) is 6. The van der Waals surface area contributed by atoms with Gasteiger partial charge in [0.2, 0.25) is 5.88 Å². The lowest BCUT2D eigenvalue weighted by molar-refractivity contribution is 0.124. The molecule has 5 rings (SSSR count). The molecule has 0 bridgehead atoms. The van der Waals surface area contributed by atoms with Gasteiger partial charge in [-0.05, 0) is 36.4 Å². The maximum atomic E-state index is 11.1. The Morgan fingerprint density at radius 1 is 1.15 bits per heavy atom. The van der Waals surface area contributed by atoms with Crippen molar-refractivity contribution < 1.29 is 14.6 Å². The molecule has 1 aromatic carbocycles. The van der Waals surface area contributed by atoms with E-state index in [1.165, 1.54) is 4.90 Å². The third-order valence-corrected chi connectivity index (χ3v) is 6.14. The predicted molar refractivity (Wildman–Crippen MR) is 125 cm³/mol. The number of fused-ring (bicyclic) bond motifs is 1. The highest BCUT2D eigenvalue weighted by atomic mass is 16.5. The minimum Gasteiger partial charge on any atom is -0.481 e. The molecule has 4 aromatic rings. The quantitative estimate of drug-likeness (QED) is 0.487. The molecule has 0 radical (unpaired) electrons. The van der Waals surface area contributed by atoms with Crippen LogP contribution in [-0.4, -0.2) is 56.0 Å². The number of ether oxygens (including phenoxy) is 1. The minimum atomic E-state index is -0.867. The van der Waals surface area contributed by atoms with Crippen LogP contribution in [0.1, 0.15) is 18.9 Å².